The molecule has 2 N–H and O–H groups in total. The largest absolute Gasteiger partial charge is 0.468 e. The summed E-state index contributed by atoms with van der Waals surface area (Å²) in [6.45, 7) is -0.676. The minimum absolute atomic E-state index is 0.676. The number of benzene rings is 1. The number of hydrogen-bond acceptors (Lipinski definition) is 5. The van der Waals surface area contributed by atoms with Gasteiger partial charge in [0.1, 0.15) is 6.04 Å². The number of rotatable bonds is 6. The smallest absolute Gasteiger partial charge is 0.326 e. The van der Waals surface area contributed by atoms with Gasteiger partial charge in [0, 0.05) is 5.41 Å². The summed E-state index contributed by atoms with van der Waals surface area (Å²) in [6.07, 6.45) is 1.38. The first-order valence-corrected chi connectivity index (χ1v) is 6.97. The van der Waals surface area contributed by atoms with Gasteiger partial charge < -0.3 is 9.84 Å². The van der Waals surface area contributed by atoms with E-state index in [0.717, 1.165) is 12.5 Å². The van der Waals surface area contributed by atoms with Crippen LogP contribution in [0.3, 0.4) is 0 Å². The molecule has 1 rings (SSSR count). The van der Waals surface area contributed by atoms with Crippen LogP contribution >= 0.6 is 0 Å². The Hall–Kier alpha value is -1.70. The van der Waals surface area contributed by atoms with Crippen molar-refractivity contribution in [2.45, 2.75) is 6.04 Å². The van der Waals surface area contributed by atoms with Gasteiger partial charge in [0.05, 0.1) is 13.7 Å². The number of esters is 1. The number of aliphatic hydroxyl groups is 1. The van der Waals surface area contributed by atoms with Gasteiger partial charge in [-0.3, -0.25) is 4.79 Å². The number of aliphatic hydroxyl groups excluding tert-OH is 1. The summed E-state index contributed by atoms with van der Waals surface area (Å²) >= 11 is 0. The molecule has 0 heterocycles. The van der Waals surface area contributed by atoms with E-state index in [-0.39, 0.29) is 0 Å². The molecule has 0 aromatic heterocycles. The monoisotopic (exact) mass is 285 g/mol. The lowest BCUT2D eigenvalue weighted by molar-refractivity contribution is -0.143. The summed E-state index contributed by atoms with van der Waals surface area (Å²) < 4.78 is 29.7. The van der Waals surface area contributed by atoms with Crippen LogP contribution in [0.2, 0.25) is 0 Å². The van der Waals surface area contributed by atoms with Crippen LogP contribution in [0.4, 0.5) is 0 Å². The molecular weight excluding hydrogens is 270 g/mol. The summed E-state index contributed by atoms with van der Waals surface area (Å²) in [7, 11) is -2.73. The van der Waals surface area contributed by atoms with Crippen molar-refractivity contribution >= 4 is 22.1 Å². The van der Waals surface area contributed by atoms with E-state index in [1.165, 1.54) is 6.08 Å². The van der Waals surface area contributed by atoms with Crippen LogP contribution in [0.5, 0.6) is 0 Å². The molecule has 1 aromatic rings. The maximum absolute atomic E-state index is 11.7. The van der Waals surface area contributed by atoms with Crippen molar-refractivity contribution in [1.29, 1.82) is 0 Å². The molecule has 0 spiro atoms. The number of hydrogen-bond donors (Lipinski definition) is 2. The van der Waals surface area contributed by atoms with Crippen molar-refractivity contribution in [3.05, 3.63) is 41.3 Å². The standard InChI is InChI=1S/C12H15NO5S/c1-18-12(15)11(9-14)13-19(16,17)8-7-10-5-3-2-4-6-10/h2-8,11,13-14H,9H2,1H3/b8-7+/t11-/m1/s1. The van der Waals surface area contributed by atoms with E-state index in [0.29, 0.717) is 5.56 Å². The van der Waals surface area contributed by atoms with Crippen LogP contribution in [0.25, 0.3) is 6.08 Å². The number of nitrogens with one attached hydrogen (secondary N) is 1. The Morgan fingerprint density at radius 1 is 1.42 bits per heavy atom. The second-order valence-corrected chi connectivity index (χ2v) is 5.23. The Bertz CT molecular complexity index is 538. The van der Waals surface area contributed by atoms with Crippen molar-refractivity contribution < 1.29 is 23.1 Å². The SMILES string of the molecule is COC(=O)[C@@H](CO)NS(=O)(=O)/C=C/c1ccccc1. The van der Waals surface area contributed by atoms with Gasteiger partial charge in [0.2, 0.25) is 10.0 Å². The Labute approximate surface area is 111 Å². The highest BCUT2D eigenvalue weighted by Gasteiger charge is 2.22. The lowest BCUT2D eigenvalue weighted by Gasteiger charge is -2.11. The summed E-state index contributed by atoms with van der Waals surface area (Å²) in [5.74, 6) is -0.848. The van der Waals surface area contributed by atoms with Crippen LogP contribution in [0, 0.1) is 0 Å². The molecule has 0 bridgehead atoms. The van der Waals surface area contributed by atoms with Gasteiger partial charge in [-0.2, -0.15) is 4.72 Å². The van der Waals surface area contributed by atoms with Gasteiger partial charge in [-0.05, 0) is 11.6 Å². The van der Waals surface area contributed by atoms with E-state index in [4.69, 9.17) is 5.11 Å². The number of carbonyl (C=O) groups excluding carboxylic acids is 1. The van der Waals surface area contributed by atoms with Gasteiger partial charge in [0.15, 0.2) is 0 Å². The second kappa shape index (κ2) is 7.03. The van der Waals surface area contributed by atoms with Crippen LogP contribution in [-0.2, 0) is 19.6 Å². The molecule has 0 aliphatic heterocycles. The molecule has 0 fully saturated rings. The molecule has 0 saturated carbocycles. The lowest BCUT2D eigenvalue weighted by Crippen LogP contribution is -2.43. The fourth-order valence-electron chi connectivity index (χ4n) is 1.27. The van der Waals surface area contributed by atoms with Crippen molar-refractivity contribution in [3.8, 4) is 0 Å². The molecule has 0 aliphatic carbocycles. The molecule has 104 valence electrons. The van der Waals surface area contributed by atoms with Gasteiger partial charge in [-0.15, -0.1) is 0 Å². The topological polar surface area (TPSA) is 92.7 Å². The third kappa shape index (κ3) is 5.21. The zero-order valence-corrected chi connectivity index (χ0v) is 11.1. The van der Waals surface area contributed by atoms with Gasteiger partial charge in [-0.25, -0.2) is 8.42 Å². The molecular formula is C12H15NO5S. The minimum atomic E-state index is -3.84. The fourth-order valence-corrected chi connectivity index (χ4v) is 2.25. The predicted molar refractivity (Wildman–Crippen MR) is 70.4 cm³/mol. The van der Waals surface area contributed by atoms with Gasteiger partial charge in [0.25, 0.3) is 0 Å². The molecule has 0 radical (unpaired) electrons. The van der Waals surface area contributed by atoms with Crippen molar-refractivity contribution in [2.75, 3.05) is 13.7 Å². The third-order valence-corrected chi connectivity index (χ3v) is 3.32. The highest BCUT2D eigenvalue weighted by molar-refractivity contribution is 7.92. The van der Waals surface area contributed by atoms with Gasteiger partial charge in [-0.1, -0.05) is 30.3 Å². The van der Waals surface area contributed by atoms with Crippen LogP contribution in [0.15, 0.2) is 35.7 Å². The second-order valence-electron chi connectivity index (χ2n) is 3.63. The van der Waals surface area contributed by atoms with E-state index in [2.05, 4.69) is 4.74 Å². The summed E-state index contributed by atoms with van der Waals surface area (Å²) in [5, 5.41) is 9.85. The molecule has 19 heavy (non-hydrogen) atoms. The molecule has 1 aromatic carbocycles. The molecule has 0 unspecified atom stereocenters. The quantitative estimate of drug-likeness (QED) is 0.724. The molecule has 7 heteroatoms. The zero-order chi connectivity index (χ0) is 14.3. The first-order valence-electron chi connectivity index (χ1n) is 5.42. The van der Waals surface area contributed by atoms with Crippen molar-refractivity contribution in [1.82, 2.24) is 4.72 Å². The normalized spacial score (nSPS) is 13.4. The fraction of sp³-hybridized carbons (Fsp3) is 0.250. The Morgan fingerprint density at radius 3 is 2.58 bits per heavy atom. The first-order chi connectivity index (χ1) is 8.98. The van der Waals surface area contributed by atoms with Gasteiger partial charge >= 0.3 is 5.97 Å². The Morgan fingerprint density at radius 2 is 2.05 bits per heavy atom. The van der Waals surface area contributed by atoms with Crippen molar-refractivity contribution in [2.24, 2.45) is 0 Å². The van der Waals surface area contributed by atoms with Crippen molar-refractivity contribution in [3.63, 3.8) is 0 Å². The minimum Gasteiger partial charge on any atom is -0.468 e. The number of carbonyl (C=O) groups is 1. The molecule has 0 amide bonds. The van der Waals surface area contributed by atoms with E-state index < -0.39 is 28.6 Å². The average Bonchev–Trinajstić information content (AvgIpc) is 2.43. The predicted octanol–water partition coefficient (Wildman–Crippen LogP) is 0.111. The number of ether oxygens (including phenoxy) is 1. The number of methoxy groups -OCH3 is 1. The van der Waals surface area contributed by atoms with E-state index >= 15 is 0 Å². The summed E-state index contributed by atoms with van der Waals surface area (Å²) in [4.78, 5) is 11.2. The molecule has 1 atom stereocenters. The zero-order valence-electron chi connectivity index (χ0n) is 10.3. The van der Waals surface area contributed by atoms with E-state index in [9.17, 15) is 13.2 Å². The van der Waals surface area contributed by atoms with Crippen LogP contribution in [-0.4, -0.2) is 39.3 Å². The van der Waals surface area contributed by atoms with Crippen LogP contribution in [0.1, 0.15) is 5.56 Å². The molecule has 0 saturated heterocycles. The first kappa shape index (κ1) is 15.4. The highest BCUT2D eigenvalue weighted by atomic mass is 32.2. The third-order valence-electron chi connectivity index (χ3n) is 2.21. The van der Waals surface area contributed by atoms with Crippen LogP contribution < -0.4 is 4.72 Å². The summed E-state index contributed by atoms with van der Waals surface area (Å²) in [6, 6.07) is 7.50. The summed E-state index contributed by atoms with van der Waals surface area (Å²) in [5.41, 5.74) is 0.700. The lowest BCUT2D eigenvalue weighted by atomic mass is 10.2. The molecule has 0 aliphatic rings. The molecule has 6 nitrogen and oxygen atoms in total. The maximum Gasteiger partial charge on any atom is 0.326 e. The number of sulfonamides is 1. The Balaban J connectivity index is 2.76. The van der Waals surface area contributed by atoms with E-state index in [1.54, 1.807) is 24.3 Å². The maximum atomic E-state index is 11.7. The Kier molecular flexibility index (Phi) is 5.68. The average molecular weight is 285 g/mol. The highest BCUT2D eigenvalue weighted by Crippen LogP contribution is 2.03. The van der Waals surface area contributed by atoms with E-state index in [1.807, 2.05) is 10.8 Å².